The van der Waals surface area contributed by atoms with Crippen LogP contribution in [0.4, 0.5) is 4.39 Å². The van der Waals surface area contributed by atoms with Crippen molar-refractivity contribution in [3.05, 3.63) is 30.1 Å². The van der Waals surface area contributed by atoms with Gasteiger partial charge in [0.1, 0.15) is 11.6 Å². The molecule has 0 radical (unpaired) electrons. The minimum atomic E-state index is -0.212. The molecule has 0 N–H and O–H groups in total. The summed E-state index contributed by atoms with van der Waals surface area (Å²) in [6.45, 7) is 4.40. The number of ether oxygens (including phenoxy) is 1. The Morgan fingerprint density at radius 1 is 1.10 bits per heavy atom. The molecule has 110 valence electrons. The first-order chi connectivity index (χ1) is 9.76. The number of rotatable bonds is 5. The standard InChI is InChI=1S/C17H24FNO/c18-15-4-6-16(7-5-15)20-13-3-11-19-12-10-17(14-19)8-1-2-9-17/h4-7H,1-3,8-14H2. The van der Waals surface area contributed by atoms with Crippen LogP contribution in [-0.4, -0.2) is 31.1 Å². The molecular weight excluding hydrogens is 253 g/mol. The molecule has 20 heavy (non-hydrogen) atoms. The van der Waals surface area contributed by atoms with Crippen LogP contribution in [0.25, 0.3) is 0 Å². The average Bonchev–Trinajstić information content (AvgIpc) is 3.08. The molecule has 0 unspecified atom stereocenters. The summed E-state index contributed by atoms with van der Waals surface area (Å²) in [4.78, 5) is 2.60. The van der Waals surface area contributed by atoms with Gasteiger partial charge in [0.15, 0.2) is 0 Å². The number of nitrogens with zero attached hydrogens (tertiary/aromatic N) is 1. The van der Waals surface area contributed by atoms with Gasteiger partial charge >= 0.3 is 0 Å². The molecule has 3 rings (SSSR count). The van der Waals surface area contributed by atoms with Crippen molar-refractivity contribution in [3.63, 3.8) is 0 Å². The van der Waals surface area contributed by atoms with E-state index in [4.69, 9.17) is 4.74 Å². The van der Waals surface area contributed by atoms with Crippen LogP contribution in [-0.2, 0) is 0 Å². The molecule has 2 fully saturated rings. The van der Waals surface area contributed by atoms with Gasteiger partial charge in [-0.3, -0.25) is 0 Å². The Bertz CT molecular complexity index is 425. The lowest BCUT2D eigenvalue weighted by molar-refractivity contribution is 0.234. The van der Waals surface area contributed by atoms with Crippen LogP contribution in [0.15, 0.2) is 24.3 Å². The summed E-state index contributed by atoms with van der Waals surface area (Å²) in [5, 5.41) is 0. The van der Waals surface area contributed by atoms with Crippen molar-refractivity contribution in [2.75, 3.05) is 26.2 Å². The minimum absolute atomic E-state index is 0.212. The van der Waals surface area contributed by atoms with Crippen LogP contribution in [0.5, 0.6) is 5.75 Å². The lowest BCUT2D eigenvalue weighted by Crippen LogP contribution is -2.26. The van der Waals surface area contributed by atoms with Crippen molar-refractivity contribution in [1.29, 1.82) is 0 Å². The van der Waals surface area contributed by atoms with Crippen LogP contribution in [0.2, 0.25) is 0 Å². The molecule has 0 amide bonds. The summed E-state index contributed by atoms with van der Waals surface area (Å²) < 4.78 is 18.4. The van der Waals surface area contributed by atoms with Crippen molar-refractivity contribution in [3.8, 4) is 5.75 Å². The van der Waals surface area contributed by atoms with Gasteiger partial charge in [0.05, 0.1) is 6.61 Å². The minimum Gasteiger partial charge on any atom is -0.494 e. The van der Waals surface area contributed by atoms with Gasteiger partial charge in [-0.15, -0.1) is 0 Å². The van der Waals surface area contributed by atoms with E-state index in [1.54, 1.807) is 12.1 Å². The van der Waals surface area contributed by atoms with Gasteiger partial charge in [-0.1, -0.05) is 12.8 Å². The third-order valence-corrected chi connectivity index (χ3v) is 4.88. The van der Waals surface area contributed by atoms with Crippen molar-refractivity contribution in [2.24, 2.45) is 5.41 Å². The van der Waals surface area contributed by atoms with Crippen molar-refractivity contribution < 1.29 is 9.13 Å². The number of hydrogen-bond donors (Lipinski definition) is 0. The van der Waals surface area contributed by atoms with Gasteiger partial charge < -0.3 is 9.64 Å². The summed E-state index contributed by atoms with van der Waals surface area (Å²) in [5.74, 6) is 0.552. The second-order valence-electron chi connectivity index (χ2n) is 6.39. The summed E-state index contributed by atoms with van der Waals surface area (Å²) in [5.41, 5.74) is 0.664. The summed E-state index contributed by atoms with van der Waals surface area (Å²) in [7, 11) is 0. The third-order valence-electron chi connectivity index (χ3n) is 4.88. The molecule has 1 saturated carbocycles. The van der Waals surface area contributed by atoms with E-state index in [1.807, 2.05) is 0 Å². The zero-order chi connectivity index (χ0) is 13.8. The Balaban J connectivity index is 1.35. The van der Waals surface area contributed by atoms with E-state index in [9.17, 15) is 4.39 Å². The average molecular weight is 277 g/mol. The van der Waals surface area contributed by atoms with Crippen molar-refractivity contribution >= 4 is 0 Å². The number of likely N-dealkylation sites (tertiary alicyclic amines) is 1. The topological polar surface area (TPSA) is 12.5 Å². The molecular formula is C17H24FNO. The van der Waals surface area contributed by atoms with Gasteiger partial charge in [-0.05, 0) is 61.9 Å². The maximum atomic E-state index is 12.8. The van der Waals surface area contributed by atoms with E-state index >= 15 is 0 Å². The van der Waals surface area contributed by atoms with E-state index in [2.05, 4.69) is 4.90 Å². The highest BCUT2D eigenvalue weighted by Gasteiger charge is 2.39. The highest BCUT2D eigenvalue weighted by molar-refractivity contribution is 5.21. The van der Waals surface area contributed by atoms with Crippen LogP contribution >= 0.6 is 0 Å². The maximum Gasteiger partial charge on any atom is 0.123 e. The lowest BCUT2D eigenvalue weighted by atomic mass is 9.86. The molecule has 1 spiro atoms. The molecule has 1 saturated heterocycles. The second kappa shape index (κ2) is 6.13. The van der Waals surface area contributed by atoms with E-state index in [-0.39, 0.29) is 5.82 Å². The fourth-order valence-electron chi connectivity index (χ4n) is 3.76. The van der Waals surface area contributed by atoms with Gasteiger partial charge in [-0.2, -0.15) is 0 Å². The largest absolute Gasteiger partial charge is 0.494 e. The number of benzene rings is 1. The Kier molecular flexibility index (Phi) is 4.25. The molecule has 1 heterocycles. The quantitative estimate of drug-likeness (QED) is 0.758. The fraction of sp³-hybridized carbons (Fsp3) is 0.647. The highest BCUT2D eigenvalue weighted by Crippen LogP contribution is 2.45. The summed E-state index contributed by atoms with van der Waals surface area (Å²) in [6, 6.07) is 6.27. The van der Waals surface area contributed by atoms with Gasteiger partial charge in [0, 0.05) is 13.1 Å². The lowest BCUT2D eigenvalue weighted by Gasteiger charge is -2.23. The number of hydrogen-bond acceptors (Lipinski definition) is 2. The monoisotopic (exact) mass is 277 g/mol. The first kappa shape index (κ1) is 13.9. The third kappa shape index (κ3) is 3.32. The zero-order valence-electron chi connectivity index (χ0n) is 12.1. The predicted molar refractivity (Wildman–Crippen MR) is 78.5 cm³/mol. The smallest absolute Gasteiger partial charge is 0.123 e. The molecule has 2 nitrogen and oxygen atoms in total. The Labute approximate surface area is 120 Å². The molecule has 1 aliphatic carbocycles. The predicted octanol–water partition coefficient (Wildman–Crippen LogP) is 3.86. The van der Waals surface area contributed by atoms with E-state index in [0.29, 0.717) is 5.41 Å². The van der Waals surface area contributed by atoms with Crippen molar-refractivity contribution in [1.82, 2.24) is 4.90 Å². The van der Waals surface area contributed by atoms with E-state index < -0.39 is 0 Å². The molecule has 0 atom stereocenters. The summed E-state index contributed by atoms with van der Waals surface area (Å²) >= 11 is 0. The molecule has 1 aliphatic heterocycles. The molecule has 1 aromatic carbocycles. The first-order valence-electron chi connectivity index (χ1n) is 7.87. The first-order valence-corrected chi connectivity index (χ1v) is 7.87. The van der Waals surface area contributed by atoms with Crippen LogP contribution in [0.3, 0.4) is 0 Å². The SMILES string of the molecule is Fc1ccc(OCCCN2CCC3(CCCC3)C2)cc1. The number of halogens is 1. The van der Waals surface area contributed by atoms with Gasteiger partial charge in [0.25, 0.3) is 0 Å². The Morgan fingerprint density at radius 3 is 2.60 bits per heavy atom. The second-order valence-corrected chi connectivity index (χ2v) is 6.39. The zero-order valence-corrected chi connectivity index (χ0v) is 12.1. The molecule has 2 aliphatic rings. The highest BCUT2D eigenvalue weighted by atomic mass is 19.1. The van der Waals surface area contributed by atoms with Gasteiger partial charge in [0.2, 0.25) is 0 Å². The molecule has 0 bridgehead atoms. The molecule has 3 heteroatoms. The van der Waals surface area contributed by atoms with Gasteiger partial charge in [-0.25, -0.2) is 4.39 Å². The van der Waals surface area contributed by atoms with E-state index in [0.717, 1.165) is 25.3 Å². The maximum absolute atomic E-state index is 12.8. The molecule has 1 aromatic rings. The summed E-state index contributed by atoms with van der Waals surface area (Å²) in [6.07, 6.45) is 8.19. The Hall–Kier alpha value is -1.09. The van der Waals surface area contributed by atoms with Crippen LogP contribution in [0.1, 0.15) is 38.5 Å². The normalized spacial score (nSPS) is 21.6. The molecule has 0 aromatic heterocycles. The van der Waals surface area contributed by atoms with E-state index in [1.165, 1.54) is 57.3 Å². The van der Waals surface area contributed by atoms with Crippen LogP contribution < -0.4 is 4.74 Å². The Morgan fingerprint density at radius 2 is 1.85 bits per heavy atom. The fourth-order valence-corrected chi connectivity index (χ4v) is 3.76. The van der Waals surface area contributed by atoms with Crippen LogP contribution in [0, 0.1) is 11.2 Å². The van der Waals surface area contributed by atoms with Crippen molar-refractivity contribution in [2.45, 2.75) is 38.5 Å².